The lowest BCUT2D eigenvalue weighted by atomic mass is 10.1. The van der Waals surface area contributed by atoms with Gasteiger partial charge in [-0.25, -0.2) is 12.8 Å². The number of methoxy groups -OCH3 is 2. The van der Waals surface area contributed by atoms with Crippen molar-refractivity contribution in [3.05, 3.63) is 84.2 Å². The Morgan fingerprint density at radius 3 is 2.14 bits per heavy atom. The molecule has 11 heteroatoms. The zero-order chi connectivity index (χ0) is 30.9. The first kappa shape index (κ1) is 32.4. The molecule has 0 radical (unpaired) electrons. The van der Waals surface area contributed by atoms with E-state index >= 15 is 0 Å². The summed E-state index contributed by atoms with van der Waals surface area (Å²) in [7, 11) is -1.55. The van der Waals surface area contributed by atoms with E-state index in [-0.39, 0.29) is 34.8 Å². The number of rotatable bonds is 14. The summed E-state index contributed by atoms with van der Waals surface area (Å²) < 4.78 is 53.3. The monoisotopic (exact) mass is 599 g/mol. The van der Waals surface area contributed by atoms with Crippen molar-refractivity contribution in [2.75, 3.05) is 31.6 Å². The fourth-order valence-corrected chi connectivity index (χ4v) is 5.95. The first-order valence-electron chi connectivity index (χ1n) is 13.7. The van der Waals surface area contributed by atoms with Gasteiger partial charge in [-0.2, -0.15) is 0 Å². The highest BCUT2D eigenvalue weighted by atomic mass is 32.2. The largest absolute Gasteiger partial charge is 0.493 e. The van der Waals surface area contributed by atoms with Gasteiger partial charge in [0.1, 0.15) is 18.4 Å². The van der Waals surface area contributed by atoms with Gasteiger partial charge in [-0.1, -0.05) is 37.3 Å². The van der Waals surface area contributed by atoms with Crippen molar-refractivity contribution < 1.29 is 31.9 Å². The van der Waals surface area contributed by atoms with E-state index in [9.17, 15) is 22.4 Å². The van der Waals surface area contributed by atoms with Crippen molar-refractivity contribution in [1.82, 2.24) is 10.2 Å². The number of anilines is 1. The zero-order valence-corrected chi connectivity index (χ0v) is 25.4. The summed E-state index contributed by atoms with van der Waals surface area (Å²) in [5.74, 6) is -0.954. The quantitative estimate of drug-likeness (QED) is 0.294. The molecule has 3 rings (SSSR count). The molecule has 0 saturated heterocycles. The van der Waals surface area contributed by atoms with E-state index in [0.29, 0.717) is 18.6 Å². The van der Waals surface area contributed by atoms with Crippen LogP contribution in [0.15, 0.2) is 77.7 Å². The van der Waals surface area contributed by atoms with E-state index in [1.165, 1.54) is 49.5 Å². The third-order valence-electron chi connectivity index (χ3n) is 6.64. The second-order valence-electron chi connectivity index (χ2n) is 9.91. The van der Waals surface area contributed by atoms with Crippen LogP contribution in [-0.4, -0.2) is 64.5 Å². The lowest BCUT2D eigenvalue weighted by molar-refractivity contribution is -0.139. The third kappa shape index (κ3) is 8.00. The van der Waals surface area contributed by atoms with Crippen molar-refractivity contribution in [1.29, 1.82) is 0 Å². The molecule has 0 aliphatic carbocycles. The third-order valence-corrected chi connectivity index (χ3v) is 8.41. The average molecular weight is 600 g/mol. The summed E-state index contributed by atoms with van der Waals surface area (Å²) >= 11 is 0. The van der Waals surface area contributed by atoms with E-state index in [0.717, 1.165) is 22.0 Å². The minimum Gasteiger partial charge on any atom is -0.493 e. The summed E-state index contributed by atoms with van der Waals surface area (Å²) in [5.41, 5.74) is 1.05. The molecule has 0 unspecified atom stereocenters. The Morgan fingerprint density at radius 2 is 1.57 bits per heavy atom. The van der Waals surface area contributed by atoms with E-state index in [1.54, 1.807) is 6.92 Å². The summed E-state index contributed by atoms with van der Waals surface area (Å²) in [6, 6.07) is 17.4. The molecule has 0 spiro atoms. The molecule has 1 N–H and O–H groups in total. The average Bonchev–Trinajstić information content (AvgIpc) is 2.98. The number of carbonyl (C=O) groups is 2. The second-order valence-corrected chi connectivity index (χ2v) is 11.8. The minimum atomic E-state index is -4.36. The molecule has 9 nitrogen and oxygen atoms in total. The van der Waals surface area contributed by atoms with Crippen LogP contribution in [-0.2, 0) is 26.0 Å². The highest BCUT2D eigenvalue weighted by Crippen LogP contribution is 2.32. The number of carbonyl (C=O) groups excluding carboxylic acids is 2. The van der Waals surface area contributed by atoms with Gasteiger partial charge >= 0.3 is 0 Å². The van der Waals surface area contributed by atoms with Crippen LogP contribution in [0.3, 0.4) is 0 Å². The van der Waals surface area contributed by atoms with Crippen molar-refractivity contribution >= 4 is 27.5 Å². The van der Waals surface area contributed by atoms with Gasteiger partial charge in [0.15, 0.2) is 11.5 Å². The topological polar surface area (TPSA) is 105 Å². The van der Waals surface area contributed by atoms with E-state index in [4.69, 9.17) is 9.47 Å². The molecule has 0 fully saturated rings. The van der Waals surface area contributed by atoms with Gasteiger partial charge in [-0.05, 0) is 68.7 Å². The minimum absolute atomic E-state index is 0.0854. The Morgan fingerprint density at radius 1 is 0.929 bits per heavy atom. The second kappa shape index (κ2) is 14.7. The molecule has 226 valence electrons. The molecule has 0 aliphatic heterocycles. The number of hydrogen-bond donors (Lipinski definition) is 1. The van der Waals surface area contributed by atoms with Gasteiger partial charge in [0.05, 0.1) is 24.8 Å². The number of halogens is 1. The van der Waals surface area contributed by atoms with Crippen LogP contribution < -0.4 is 19.1 Å². The van der Waals surface area contributed by atoms with Crippen LogP contribution in [0.4, 0.5) is 10.1 Å². The Labute approximate surface area is 247 Å². The van der Waals surface area contributed by atoms with Gasteiger partial charge in [0.25, 0.3) is 10.0 Å². The Hall–Kier alpha value is -4.12. The molecular formula is C31H38FN3O6S. The fraction of sp³-hybridized carbons (Fsp3) is 0.355. The van der Waals surface area contributed by atoms with E-state index < -0.39 is 34.3 Å². The Bertz CT molecular complexity index is 1450. The number of nitrogens with one attached hydrogen (secondary N) is 1. The fourth-order valence-electron chi connectivity index (χ4n) is 4.52. The highest BCUT2D eigenvalue weighted by molar-refractivity contribution is 7.92. The SMILES string of the molecule is CC[C@H](C(=O)NC(C)C)N(CCc1ccccc1)C(=O)CN(c1ccc(F)cc1)S(=O)(=O)c1ccc(OC)c(OC)c1. The Kier molecular flexibility index (Phi) is 11.3. The number of sulfonamides is 1. The molecule has 0 aliphatic rings. The number of amides is 2. The maximum Gasteiger partial charge on any atom is 0.264 e. The van der Waals surface area contributed by atoms with Crippen molar-refractivity contribution in [3.8, 4) is 11.5 Å². The number of benzene rings is 3. The molecule has 0 bridgehead atoms. The molecule has 0 heterocycles. The van der Waals surface area contributed by atoms with Gasteiger partial charge in [-0.15, -0.1) is 0 Å². The summed E-state index contributed by atoms with van der Waals surface area (Å²) in [6.07, 6.45) is 0.773. The van der Waals surface area contributed by atoms with E-state index in [1.807, 2.05) is 44.2 Å². The predicted octanol–water partition coefficient (Wildman–Crippen LogP) is 4.41. The summed E-state index contributed by atoms with van der Waals surface area (Å²) in [5, 5.41) is 2.87. The lowest BCUT2D eigenvalue weighted by Gasteiger charge is -2.33. The molecule has 3 aromatic rings. The molecular weight excluding hydrogens is 561 g/mol. The molecule has 2 amide bonds. The van der Waals surface area contributed by atoms with Crippen LogP contribution in [0.1, 0.15) is 32.8 Å². The van der Waals surface area contributed by atoms with Crippen LogP contribution in [0.5, 0.6) is 11.5 Å². The van der Waals surface area contributed by atoms with Crippen molar-refractivity contribution in [2.45, 2.75) is 50.6 Å². The van der Waals surface area contributed by atoms with Crippen LogP contribution in [0.2, 0.25) is 0 Å². The maximum atomic E-state index is 14.0. The molecule has 1 atom stereocenters. The Balaban J connectivity index is 2.05. The highest BCUT2D eigenvalue weighted by Gasteiger charge is 2.34. The number of ether oxygens (including phenoxy) is 2. The van der Waals surface area contributed by atoms with E-state index in [2.05, 4.69) is 5.32 Å². The normalized spacial score (nSPS) is 12.0. The maximum absolute atomic E-state index is 14.0. The lowest BCUT2D eigenvalue weighted by Crippen LogP contribution is -2.54. The molecule has 42 heavy (non-hydrogen) atoms. The molecule has 0 aromatic heterocycles. The van der Waals surface area contributed by atoms with Crippen LogP contribution >= 0.6 is 0 Å². The van der Waals surface area contributed by atoms with Crippen LogP contribution in [0.25, 0.3) is 0 Å². The summed E-state index contributed by atoms with van der Waals surface area (Å²) in [4.78, 5) is 28.5. The van der Waals surface area contributed by atoms with Crippen LogP contribution in [0, 0.1) is 5.82 Å². The smallest absolute Gasteiger partial charge is 0.264 e. The van der Waals surface area contributed by atoms with Gasteiger partial charge in [0.2, 0.25) is 11.8 Å². The standard InChI is InChI=1S/C31H38FN3O6S/c1-6-27(31(37)33-22(2)3)34(19-18-23-10-8-7-9-11-23)30(36)21-35(25-14-12-24(32)13-15-25)42(38,39)26-16-17-28(40-4)29(20-26)41-5/h7-17,20,22,27H,6,18-19,21H2,1-5H3,(H,33,37)/t27-/m1/s1. The van der Waals surface area contributed by atoms with Gasteiger partial charge in [-0.3, -0.25) is 13.9 Å². The van der Waals surface area contributed by atoms with Gasteiger partial charge < -0.3 is 19.7 Å². The molecule has 3 aromatic carbocycles. The number of hydrogen-bond acceptors (Lipinski definition) is 6. The first-order valence-corrected chi connectivity index (χ1v) is 15.1. The first-order chi connectivity index (χ1) is 20.0. The number of nitrogens with zero attached hydrogens (tertiary/aromatic N) is 2. The van der Waals surface area contributed by atoms with Crippen molar-refractivity contribution in [3.63, 3.8) is 0 Å². The van der Waals surface area contributed by atoms with Gasteiger partial charge in [0, 0.05) is 18.7 Å². The van der Waals surface area contributed by atoms with Crippen molar-refractivity contribution in [2.24, 2.45) is 0 Å². The zero-order valence-electron chi connectivity index (χ0n) is 24.5. The summed E-state index contributed by atoms with van der Waals surface area (Å²) in [6.45, 7) is 5.01. The predicted molar refractivity (Wildman–Crippen MR) is 160 cm³/mol. The molecule has 0 saturated carbocycles.